The summed E-state index contributed by atoms with van der Waals surface area (Å²) in [5.41, 5.74) is 2.38. The van der Waals surface area contributed by atoms with E-state index in [0.29, 0.717) is 6.61 Å². The molecule has 1 saturated heterocycles. The van der Waals surface area contributed by atoms with Gasteiger partial charge in [-0.3, -0.25) is 0 Å². The fourth-order valence-corrected chi connectivity index (χ4v) is 2.27. The van der Waals surface area contributed by atoms with Gasteiger partial charge in [0.05, 0.1) is 11.1 Å². The van der Waals surface area contributed by atoms with Crippen LogP contribution in [0.1, 0.15) is 0 Å². The number of benzene rings is 2. The van der Waals surface area contributed by atoms with E-state index in [-0.39, 0.29) is 6.10 Å². The molecule has 2 nitrogen and oxygen atoms in total. The summed E-state index contributed by atoms with van der Waals surface area (Å²) in [6, 6.07) is 16.4. The molecule has 3 rings (SSSR count). The molecule has 0 amide bonds. The summed E-state index contributed by atoms with van der Waals surface area (Å²) in [7, 11) is 0. The van der Waals surface area contributed by atoms with Gasteiger partial charge >= 0.3 is 0 Å². The molecule has 0 unspecified atom stereocenters. The average Bonchev–Trinajstić information content (AvgIpc) is 3.22. The summed E-state index contributed by atoms with van der Waals surface area (Å²) >= 11 is 3.55. The van der Waals surface area contributed by atoms with E-state index in [0.717, 1.165) is 16.8 Å². The molecule has 1 aliphatic rings. The van der Waals surface area contributed by atoms with Crippen molar-refractivity contribution >= 4 is 15.9 Å². The van der Waals surface area contributed by atoms with E-state index in [4.69, 9.17) is 9.47 Å². The topological polar surface area (TPSA) is 21.8 Å². The lowest BCUT2D eigenvalue weighted by atomic mass is 10.1. The van der Waals surface area contributed by atoms with Gasteiger partial charge in [-0.15, -0.1) is 0 Å². The third-order valence-electron chi connectivity index (χ3n) is 2.87. The Morgan fingerprint density at radius 1 is 1.11 bits per heavy atom. The van der Waals surface area contributed by atoms with Crippen LogP contribution in [0.15, 0.2) is 53.0 Å². The maximum Gasteiger partial charge on any atom is 0.133 e. The second-order valence-corrected chi connectivity index (χ2v) is 5.13. The molecule has 0 aromatic heterocycles. The Morgan fingerprint density at radius 3 is 2.56 bits per heavy atom. The normalized spacial score (nSPS) is 17.5. The second kappa shape index (κ2) is 5.12. The monoisotopic (exact) mass is 304 g/mol. The van der Waals surface area contributed by atoms with E-state index >= 15 is 0 Å². The van der Waals surface area contributed by atoms with Crippen LogP contribution in [0.5, 0.6) is 5.75 Å². The van der Waals surface area contributed by atoms with E-state index in [2.05, 4.69) is 40.2 Å². The Bertz CT molecular complexity index is 535. The zero-order chi connectivity index (χ0) is 12.4. The lowest BCUT2D eigenvalue weighted by Crippen LogP contribution is -2.04. The summed E-state index contributed by atoms with van der Waals surface area (Å²) in [5.74, 6) is 0.866. The molecule has 0 radical (unpaired) electrons. The van der Waals surface area contributed by atoms with Crippen molar-refractivity contribution in [2.45, 2.75) is 6.10 Å². The van der Waals surface area contributed by atoms with Crippen LogP contribution in [-0.2, 0) is 4.74 Å². The summed E-state index contributed by atoms with van der Waals surface area (Å²) in [6.07, 6.45) is 0.283. The highest BCUT2D eigenvalue weighted by Crippen LogP contribution is 2.31. The standard InChI is InChI=1S/C15H13BrO2/c16-14-8-12(11-4-2-1-3-5-11)6-7-15(14)18-10-13-9-17-13/h1-8,13H,9-10H2/t13-/m0/s1. The van der Waals surface area contributed by atoms with Crippen molar-refractivity contribution in [1.82, 2.24) is 0 Å². The molecule has 0 N–H and O–H groups in total. The fraction of sp³-hybridized carbons (Fsp3) is 0.200. The highest BCUT2D eigenvalue weighted by Gasteiger charge is 2.23. The number of ether oxygens (including phenoxy) is 2. The molecule has 0 saturated carbocycles. The SMILES string of the molecule is Brc1cc(-c2ccccc2)ccc1OC[C@@H]1CO1. The van der Waals surface area contributed by atoms with Crippen molar-refractivity contribution in [2.75, 3.05) is 13.2 Å². The lowest BCUT2D eigenvalue weighted by Gasteiger charge is -2.09. The molecule has 18 heavy (non-hydrogen) atoms. The predicted molar refractivity (Wildman–Crippen MR) is 74.8 cm³/mol. The van der Waals surface area contributed by atoms with E-state index in [9.17, 15) is 0 Å². The third kappa shape index (κ3) is 2.74. The maximum absolute atomic E-state index is 5.68. The van der Waals surface area contributed by atoms with Gasteiger partial charge in [0, 0.05) is 0 Å². The van der Waals surface area contributed by atoms with Crippen molar-refractivity contribution in [3.8, 4) is 16.9 Å². The predicted octanol–water partition coefficient (Wildman–Crippen LogP) is 3.89. The van der Waals surface area contributed by atoms with Crippen molar-refractivity contribution in [3.05, 3.63) is 53.0 Å². The Labute approximate surface area is 115 Å². The van der Waals surface area contributed by atoms with Crippen LogP contribution >= 0.6 is 15.9 Å². The molecule has 92 valence electrons. The third-order valence-corrected chi connectivity index (χ3v) is 3.49. The molecular weight excluding hydrogens is 292 g/mol. The number of hydrogen-bond donors (Lipinski definition) is 0. The Hall–Kier alpha value is -1.32. The maximum atomic E-state index is 5.68. The molecule has 2 aromatic carbocycles. The van der Waals surface area contributed by atoms with Crippen LogP contribution in [0, 0.1) is 0 Å². The van der Waals surface area contributed by atoms with Crippen LogP contribution < -0.4 is 4.74 Å². The van der Waals surface area contributed by atoms with Crippen molar-refractivity contribution in [2.24, 2.45) is 0 Å². The van der Waals surface area contributed by atoms with Gasteiger partial charge in [-0.1, -0.05) is 36.4 Å². The minimum Gasteiger partial charge on any atom is -0.490 e. The molecule has 1 aliphatic heterocycles. The van der Waals surface area contributed by atoms with Gasteiger partial charge in [-0.25, -0.2) is 0 Å². The number of epoxide rings is 1. The van der Waals surface area contributed by atoms with Gasteiger partial charge in [-0.2, -0.15) is 0 Å². The summed E-state index contributed by atoms with van der Waals surface area (Å²) < 4.78 is 11.8. The quantitative estimate of drug-likeness (QED) is 0.799. The van der Waals surface area contributed by atoms with Gasteiger partial charge in [0.15, 0.2) is 0 Å². The van der Waals surface area contributed by atoms with Crippen LogP contribution in [0.4, 0.5) is 0 Å². The molecule has 0 bridgehead atoms. The molecule has 0 aliphatic carbocycles. The van der Waals surface area contributed by atoms with E-state index in [1.54, 1.807) is 0 Å². The van der Waals surface area contributed by atoms with E-state index < -0.39 is 0 Å². The number of rotatable bonds is 4. The Balaban J connectivity index is 1.79. The summed E-state index contributed by atoms with van der Waals surface area (Å²) in [4.78, 5) is 0. The average molecular weight is 305 g/mol. The first kappa shape index (κ1) is 11.8. The summed E-state index contributed by atoms with van der Waals surface area (Å²) in [6.45, 7) is 1.45. The molecule has 3 heteroatoms. The molecule has 2 aromatic rings. The lowest BCUT2D eigenvalue weighted by molar-refractivity contribution is 0.262. The van der Waals surface area contributed by atoms with Gasteiger partial charge in [0.25, 0.3) is 0 Å². The molecule has 1 heterocycles. The minimum absolute atomic E-state index is 0.283. The Morgan fingerprint density at radius 2 is 1.89 bits per heavy atom. The van der Waals surface area contributed by atoms with Gasteiger partial charge in [0.2, 0.25) is 0 Å². The van der Waals surface area contributed by atoms with E-state index in [1.807, 2.05) is 24.3 Å². The van der Waals surface area contributed by atoms with Crippen LogP contribution in [0.3, 0.4) is 0 Å². The Kier molecular flexibility index (Phi) is 3.35. The number of hydrogen-bond acceptors (Lipinski definition) is 2. The van der Waals surface area contributed by atoms with Crippen molar-refractivity contribution in [1.29, 1.82) is 0 Å². The second-order valence-electron chi connectivity index (χ2n) is 4.28. The van der Waals surface area contributed by atoms with Crippen LogP contribution in [-0.4, -0.2) is 19.3 Å². The summed E-state index contributed by atoms with van der Waals surface area (Å²) in [5, 5.41) is 0. The van der Waals surface area contributed by atoms with Gasteiger partial charge in [0.1, 0.15) is 18.5 Å². The van der Waals surface area contributed by atoms with Crippen molar-refractivity contribution < 1.29 is 9.47 Å². The zero-order valence-corrected chi connectivity index (χ0v) is 11.4. The van der Waals surface area contributed by atoms with Crippen molar-refractivity contribution in [3.63, 3.8) is 0 Å². The molecule has 1 fully saturated rings. The first-order valence-electron chi connectivity index (χ1n) is 5.92. The minimum atomic E-state index is 0.283. The first-order valence-corrected chi connectivity index (χ1v) is 6.71. The van der Waals surface area contributed by atoms with E-state index in [1.165, 1.54) is 11.1 Å². The zero-order valence-electron chi connectivity index (χ0n) is 9.80. The highest BCUT2D eigenvalue weighted by atomic mass is 79.9. The van der Waals surface area contributed by atoms with Crippen LogP contribution in [0.2, 0.25) is 0 Å². The largest absolute Gasteiger partial charge is 0.490 e. The molecule has 1 atom stereocenters. The number of halogens is 1. The smallest absolute Gasteiger partial charge is 0.133 e. The van der Waals surface area contributed by atoms with Gasteiger partial charge < -0.3 is 9.47 Å². The van der Waals surface area contributed by atoms with Gasteiger partial charge in [-0.05, 0) is 39.2 Å². The molecular formula is C15H13BrO2. The molecule has 0 spiro atoms. The highest BCUT2D eigenvalue weighted by molar-refractivity contribution is 9.10. The van der Waals surface area contributed by atoms with Crippen LogP contribution in [0.25, 0.3) is 11.1 Å². The fourth-order valence-electron chi connectivity index (χ4n) is 1.78. The first-order chi connectivity index (χ1) is 8.83.